The van der Waals surface area contributed by atoms with Crippen molar-refractivity contribution in [2.75, 3.05) is 11.9 Å². The standard InChI is InChI=1S/C30H27F3N4O3/c1-17-22(18-6-3-2-4-7-18)11-19(27(39)37(17)16-30(31,32)33)12-25(38)21-10-20-13-29(14-24(20)35-15-21)23-8-5-9-34-26(23)36-28(29)40/h2-10,15,17,19,22H,11-14,16H2,1H3,(H,34,36,40)/t17-,19-,22-,29+/m1/s1. The van der Waals surface area contributed by atoms with Gasteiger partial charge in [0.25, 0.3) is 0 Å². The molecule has 1 aliphatic carbocycles. The number of nitrogens with one attached hydrogen (secondary N) is 1. The van der Waals surface area contributed by atoms with Gasteiger partial charge < -0.3 is 10.2 Å². The van der Waals surface area contributed by atoms with Gasteiger partial charge in [-0.15, -0.1) is 0 Å². The van der Waals surface area contributed by atoms with Crippen LogP contribution in [-0.2, 0) is 27.8 Å². The van der Waals surface area contributed by atoms with Crippen LogP contribution in [0, 0.1) is 5.92 Å². The van der Waals surface area contributed by atoms with Crippen molar-refractivity contribution in [1.29, 1.82) is 0 Å². The molecule has 6 rings (SSSR count). The second kappa shape index (κ2) is 9.53. The molecule has 0 bridgehead atoms. The third-order valence-electron chi connectivity index (χ3n) is 8.59. The summed E-state index contributed by atoms with van der Waals surface area (Å²) in [6, 6.07) is 13.8. The van der Waals surface area contributed by atoms with Gasteiger partial charge >= 0.3 is 6.18 Å². The first-order chi connectivity index (χ1) is 19.1. The Morgan fingerprint density at radius 2 is 1.88 bits per heavy atom. The number of benzene rings is 1. The largest absolute Gasteiger partial charge is 0.406 e. The van der Waals surface area contributed by atoms with Crippen molar-refractivity contribution in [2.24, 2.45) is 5.92 Å². The number of carbonyl (C=O) groups is 3. The monoisotopic (exact) mass is 548 g/mol. The van der Waals surface area contributed by atoms with Gasteiger partial charge in [0.05, 0.1) is 5.41 Å². The molecule has 1 spiro atoms. The molecule has 2 aliphatic heterocycles. The van der Waals surface area contributed by atoms with E-state index in [0.29, 0.717) is 24.4 Å². The predicted molar refractivity (Wildman–Crippen MR) is 140 cm³/mol. The summed E-state index contributed by atoms with van der Waals surface area (Å²) in [6.07, 6.45) is -0.715. The lowest BCUT2D eigenvalue weighted by Crippen LogP contribution is -2.53. The van der Waals surface area contributed by atoms with Gasteiger partial charge in [-0.2, -0.15) is 13.2 Å². The van der Waals surface area contributed by atoms with Gasteiger partial charge in [-0.3, -0.25) is 19.4 Å². The van der Waals surface area contributed by atoms with E-state index >= 15 is 0 Å². The number of halogens is 3. The Balaban J connectivity index is 1.25. The lowest BCUT2D eigenvalue weighted by atomic mass is 9.77. The summed E-state index contributed by atoms with van der Waals surface area (Å²) in [5.41, 5.74) is 2.56. The molecule has 0 radical (unpaired) electrons. The molecule has 1 fully saturated rings. The molecule has 0 unspecified atom stereocenters. The first-order valence-electron chi connectivity index (χ1n) is 13.3. The molecular weight excluding hydrogens is 521 g/mol. The van der Waals surface area contributed by atoms with Crippen LogP contribution in [0.4, 0.5) is 19.0 Å². The molecule has 3 aliphatic rings. The van der Waals surface area contributed by atoms with E-state index in [1.807, 2.05) is 36.4 Å². The predicted octanol–water partition coefficient (Wildman–Crippen LogP) is 4.62. The zero-order chi connectivity index (χ0) is 28.2. The molecule has 4 atom stereocenters. The molecule has 7 nitrogen and oxygen atoms in total. The highest BCUT2D eigenvalue weighted by atomic mass is 19.4. The molecule has 2 aromatic heterocycles. The average Bonchev–Trinajstić information content (AvgIpc) is 3.44. The summed E-state index contributed by atoms with van der Waals surface area (Å²) < 4.78 is 40.3. The highest BCUT2D eigenvalue weighted by Crippen LogP contribution is 2.46. The van der Waals surface area contributed by atoms with E-state index < -0.39 is 36.0 Å². The van der Waals surface area contributed by atoms with Crippen molar-refractivity contribution in [3.05, 3.63) is 88.9 Å². The number of ketones is 1. The Bertz CT molecular complexity index is 1510. The van der Waals surface area contributed by atoms with Crippen molar-refractivity contribution in [3.63, 3.8) is 0 Å². The third-order valence-corrected chi connectivity index (χ3v) is 8.59. The number of rotatable bonds is 5. The number of pyridine rings is 2. The summed E-state index contributed by atoms with van der Waals surface area (Å²) in [5, 5.41) is 2.84. The van der Waals surface area contributed by atoms with Crippen LogP contribution in [0.25, 0.3) is 0 Å². The van der Waals surface area contributed by atoms with Gasteiger partial charge in [0.15, 0.2) is 5.78 Å². The van der Waals surface area contributed by atoms with Crippen molar-refractivity contribution < 1.29 is 27.6 Å². The van der Waals surface area contributed by atoms with E-state index in [1.54, 1.807) is 25.3 Å². The first-order valence-corrected chi connectivity index (χ1v) is 13.3. The van der Waals surface area contributed by atoms with Crippen molar-refractivity contribution in [1.82, 2.24) is 14.9 Å². The number of likely N-dealkylation sites (tertiary alicyclic amines) is 1. The lowest BCUT2D eigenvalue weighted by Gasteiger charge is -2.43. The van der Waals surface area contributed by atoms with E-state index in [9.17, 15) is 27.6 Å². The van der Waals surface area contributed by atoms with Crippen LogP contribution in [0.2, 0.25) is 0 Å². The summed E-state index contributed by atoms with van der Waals surface area (Å²) in [6.45, 7) is 0.272. The SMILES string of the molecule is C[C@@H]1[C@H](c2ccccc2)C[C@H](CC(=O)c2cnc3c(c2)C[C@@]2(C3)C(=O)Nc3ncccc32)C(=O)N1CC(F)(F)F. The second-order valence-corrected chi connectivity index (χ2v) is 11.0. The van der Waals surface area contributed by atoms with Gasteiger partial charge in [0.1, 0.15) is 12.4 Å². The minimum atomic E-state index is -4.56. The number of anilines is 1. The van der Waals surface area contributed by atoms with Crippen LogP contribution in [0.3, 0.4) is 0 Å². The lowest BCUT2D eigenvalue weighted by molar-refractivity contribution is -0.172. The van der Waals surface area contributed by atoms with Gasteiger partial charge in [-0.25, -0.2) is 4.98 Å². The molecule has 206 valence electrons. The van der Waals surface area contributed by atoms with E-state index in [2.05, 4.69) is 15.3 Å². The van der Waals surface area contributed by atoms with E-state index in [0.717, 1.165) is 21.6 Å². The van der Waals surface area contributed by atoms with Gasteiger partial charge in [-0.05, 0) is 43.0 Å². The smallest absolute Gasteiger partial charge is 0.330 e. The molecule has 40 heavy (non-hydrogen) atoms. The fourth-order valence-electron chi connectivity index (χ4n) is 6.57. The molecule has 1 N–H and O–H groups in total. The number of hydrogen-bond acceptors (Lipinski definition) is 5. The molecule has 0 saturated carbocycles. The Morgan fingerprint density at radius 1 is 1.10 bits per heavy atom. The van der Waals surface area contributed by atoms with Gasteiger partial charge in [0.2, 0.25) is 11.8 Å². The van der Waals surface area contributed by atoms with Crippen LogP contribution in [0.1, 0.15) is 58.4 Å². The Kier molecular flexibility index (Phi) is 6.23. The van der Waals surface area contributed by atoms with Gasteiger partial charge in [-0.1, -0.05) is 36.4 Å². The molecule has 4 heterocycles. The van der Waals surface area contributed by atoms with Crippen LogP contribution in [0.15, 0.2) is 60.9 Å². The molecule has 3 aromatic rings. The topological polar surface area (TPSA) is 92.3 Å². The van der Waals surface area contributed by atoms with Crippen LogP contribution in [-0.4, -0.2) is 51.2 Å². The van der Waals surface area contributed by atoms with E-state index in [1.165, 1.54) is 6.20 Å². The number of hydrogen-bond donors (Lipinski definition) is 1. The maximum Gasteiger partial charge on any atom is 0.406 e. The summed E-state index contributed by atoms with van der Waals surface area (Å²) >= 11 is 0. The summed E-state index contributed by atoms with van der Waals surface area (Å²) in [4.78, 5) is 49.3. The van der Waals surface area contributed by atoms with Crippen LogP contribution in [0.5, 0.6) is 0 Å². The normalized spacial score (nSPS) is 25.6. The number of fused-ring (bicyclic) bond motifs is 3. The Hall–Kier alpha value is -4.08. The Morgan fingerprint density at radius 3 is 2.62 bits per heavy atom. The van der Waals surface area contributed by atoms with Crippen molar-refractivity contribution in [3.8, 4) is 0 Å². The number of piperidine rings is 1. The zero-order valence-electron chi connectivity index (χ0n) is 21.7. The highest BCUT2D eigenvalue weighted by Gasteiger charge is 2.52. The molecule has 1 aromatic carbocycles. The van der Waals surface area contributed by atoms with Crippen molar-refractivity contribution in [2.45, 2.75) is 56.2 Å². The minimum Gasteiger partial charge on any atom is -0.330 e. The number of aromatic nitrogens is 2. The zero-order valence-corrected chi connectivity index (χ0v) is 21.7. The molecule has 2 amide bonds. The quantitative estimate of drug-likeness (QED) is 0.470. The minimum absolute atomic E-state index is 0.161. The maximum atomic E-state index is 13.4. The number of nitrogens with zero attached hydrogens (tertiary/aromatic N) is 3. The molecule has 10 heteroatoms. The highest BCUT2D eigenvalue weighted by molar-refractivity contribution is 6.06. The number of amides is 2. The third kappa shape index (κ3) is 4.45. The summed E-state index contributed by atoms with van der Waals surface area (Å²) in [7, 11) is 0. The summed E-state index contributed by atoms with van der Waals surface area (Å²) in [5.74, 6) is -1.89. The Labute approximate surface area is 228 Å². The van der Waals surface area contributed by atoms with Gasteiger partial charge in [0, 0.05) is 59.9 Å². The number of carbonyl (C=O) groups excluding carboxylic acids is 3. The van der Waals surface area contributed by atoms with Crippen LogP contribution >= 0.6 is 0 Å². The van der Waals surface area contributed by atoms with Crippen molar-refractivity contribution >= 4 is 23.4 Å². The fraction of sp³-hybridized carbons (Fsp3) is 0.367. The first kappa shape index (κ1) is 26.2. The fourth-order valence-corrected chi connectivity index (χ4v) is 6.57. The average molecular weight is 549 g/mol. The maximum absolute atomic E-state index is 13.4. The number of alkyl halides is 3. The van der Waals surface area contributed by atoms with Crippen LogP contribution < -0.4 is 5.32 Å². The van der Waals surface area contributed by atoms with E-state index in [-0.39, 0.29) is 36.0 Å². The number of Topliss-reactive ketones (excluding diaryl/α,β-unsaturated/α-hetero) is 1. The van der Waals surface area contributed by atoms with E-state index in [4.69, 9.17) is 0 Å². The molecular formula is C30H27F3N4O3. The molecule has 1 saturated heterocycles. The second-order valence-electron chi connectivity index (χ2n) is 11.0.